The summed E-state index contributed by atoms with van der Waals surface area (Å²) >= 11 is 1.74. The van der Waals surface area contributed by atoms with E-state index in [1.807, 2.05) is 49.4 Å². The third-order valence-corrected chi connectivity index (χ3v) is 8.31. The van der Waals surface area contributed by atoms with E-state index >= 15 is 0 Å². The molecule has 7 heteroatoms. The number of thioether (sulfide) groups is 1. The van der Waals surface area contributed by atoms with Crippen molar-refractivity contribution in [2.24, 2.45) is 5.92 Å². The Labute approximate surface area is 238 Å². The van der Waals surface area contributed by atoms with Gasteiger partial charge < -0.3 is 14.6 Å². The molecular formula is C32H44N4O2S. The van der Waals surface area contributed by atoms with Crippen LogP contribution in [0.1, 0.15) is 61.8 Å². The van der Waals surface area contributed by atoms with E-state index in [1.165, 1.54) is 30.8 Å². The van der Waals surface area contributed by atoms with Crippen LogP contribution in [0, 0.1) is 12.8 Å². The Morgan fingerprint density at radius 3 is 2.59 bits per heavy atom. The number of nitrogens with one attached hydrogen (secondary N) is 1. The number of hydrogen-bond donors (Lipinski definition) is 1. The first-order valence-corrected chi connectivity index (χ1v) is 15.4. The van der Waals surface area contributed by atoms with Crippen LogP contribution in [0.3, 0.4) is 0 Å². The summed E-state index contributed by atoms with van der Waals surface area (Å²) in [6.45, 7) is 15.2. The predicted molar refractivity (Wildman–Crippen MR) is 161 cm³/mol. The first-order chi connectivity index (χ1) is 18.9. The minimum atomic E-state index is -0.0309. The maximum absolute atomic E-state index is 12.8. The zero-order chi connectivity index (χ0) is 27.6. The second kappa shape index (κ2) is 14.7. The van der Waals surface area contributed by atoms with Gasteiger partial charge in [0.1, 0.15) is 5.76 Å². The van der Waals surface area contributed by atoms with Crippen molar-refractivity contribution in [1.29, 1.82) is 0 Å². The van der Waals surface area contributed by atoms with Gasteiger partial charge in [0, 0.05) is 60.5 Å². The third-order valence-electron chi connectivity index (χ3n) is 7.29. The van der Waals surface area contributed by atoms with Crippen LogP contribution in [0.5, 0.6) is 0 Å². The molecule has 1 aliphatic rings. The second-order valence-corrected chi connectivity index (χ2v) is 12.0. The van der Waals surface area contributed by atoms with E-state index in [9.17, 15) is 4.79 Å². The number of nitrogens with zero attached hydrogens (tertiary/aromatic N) is 3. The van der Waals surface area contributed by atoms with Crippen molar-refractivity contribution < 1.29 is 9.21 Å². The average molecular weight is 549 g/mol. The number of carbonyl (C=O) groups is 1. The lowest BCUT2D eigenvalue weighted by atomic mass is 9.99. The van der Waals surface area contributed by atoms with Gasteiger partial charge >= 0.3 is 0 Å². The summed E-state index contributed by atoms with van der Waals surface area (Å²) in [6, 6.07) is 18.5. The van der Waals surface area contributed by atoms with E-state index in [2.05, 4.69) is 48.0 Å². The van der Waals surface area contributed by atoms with Crippen molar-refractivity contribution >= 4 is 17.7 Å². The molecule has 0 bridgehead atoms. The molecule has 1 unspecified atom stereocenters. The number of benzene rings is 2. The standard InChI is InChI=1S/C32H44N4O2S/c1-5-17-35-19-20-36(28(22-35)21-24(2)3)18-9-16-33-31(37)26-12-14-27(15-13-26)32-34-30(25(4)38-32)23-39-29-10-7-6-8-11-29/h6-8,10-15,24,28H,5,9,16-23H2,1-4H3,(H,33,37). The van der Waals surface area contributed by atoms with Crippen molar-refractivity contribution in [3.63, 3.8) is 0 Å². The number of piperazine rings is 1. The van der Waals surface area contributed by atoms with Crippen LogP contribution in [0.2, 0.25) is 0 Å². The number of aromatic nitrogens is 1. The quantitative estimate of drug-likeness (QED) is 0.194. The Bertz CT molecular complexity index is 1160. The summed E-state index contributed by atoms with van der Waals surface area (Å²) in [6.07, 6.45) is 3.41. The molecule has 4 rings (SSSR count). The Morgan fingerprint density at radius 1 is 1.10 bits per heavy atom. The molecule has 6 nitrogen and oxygen atoms in total. The highest BCUT2D eigenvalue weighted by Gasteiger charge is 2.26. The molecule has 39 heavy (non-hydrogen) atoms. The average Bonchev–Trinajstić information content (AvgIpc) is 3.31. The molecule has 1 fully saturated rings. The van der Waals surface area contributed by atoms with Crippen molar-refractivity contribution in [3.8, 4) is 11.5 Å². The van der Waals surface area contributed by atoms with Gasteiger partial charge in [-0.05, 0) is 75.0 Å². The van der Waals surface area contributed by atoms with E-state index < -0.39 is 0 Å². The molecule has 210 valence electrons. The fourth-order valence-electron chi connectivity index (χ4n) is 5.24. The van der Waals surface area contributed by atoms with E-state index in [1.54, 1.807) is 11.8 Å². The monoisotopic (exact) mass is 548 g/mol. The smallest absolute Gasteiger partial charge is 0.251 e. The number of hydrogen-bond acceptors (Lipinski definition) is 6. The highest BCUT2D eigenvalue weighted by atomic mass is 32.2. The minimum absolute atomic E-state index is 0.0309. The van der Waals surface area contributed by atoms with Crippen LogP contribution in [-0.2, 0) is 5.75 Å². The van der Waals surface area contributed by atoms with E-state index in [0.717, 1.165) is 48.8 Å². The fraction of sp³-hybridized carbons (Fsp3) is 0.500. The van der Waals surface area contributed by atoms with E-state index in [4.69, 9.17) is 9.40 Å². The van der Waals surface area contributed by atoms with E-state index in [0.29, 0.717) is 30.0 Å². The van der Waals surface area contributed by atoms with Gasteiger partial charge in [-0.3, -0.25) is 9.69 Å². The zero-order valence-corrected chi connectivity index (χ0v) is 24.8. The molecule has 0 aliphatic carbocycles. The molecule has 0 saturated carbocycles. The van der Waals surface area contributed by atoms with Crippen LogP contribution >= 0.6 is 11.8 Å². The van der Waals surface area contributed by atoms with Gasteiger partial charge in [0.2, 0.25) is 5.89 Å². The summed E-state index contributed by atoms with van der Waals surface area (Å²) < 4.78 is 5.95. The molecule has 2 aromatic carbocycles. The first kappa shape index (κ1) is 29.4. The van der Waals surface area contributed by atoms with Crippen molar-refractivity contribution in [2.75, 3.05) is 39.3 Å². The van der Waals surface area contributed by atoms with Crippen molar-refractivity contribution in [2.45, 2.75) is 63.6 Å². The maximum atomic E-state index is 12.8. The van der Waals surface area contributed by atoms with Crippen molar-refractivity contribution in [1.82, 2.24) is 20.1 Å². The van der Waals surface area contributed by atoms with Crippen LogP contribution in [0.25, 0.3) is 11.5 Å². The van der Waals surface area contributed by atoms with Crippen LogP contribution in [-0.4, -0.2) is 66.0 Å². The lowest BCUT2D eigenvalue weighted by molar-refractivity contribution is 0.0619. The molecule has 1 aromatic heterocycles. The number of amides is 1. The molecule has 1 aliphatic heterocycles. The highest BCUT2D eigenvalue weighted by molar-refractivity contribution is 7.98. The normalized spacial score (nSPS) is 16.6. The molecule has 0 radical (unpaired) electrons. The lowest BCUT2D eigenvalue weighted by Gasteiger charge is -2.42. The summed E-state index contributed by atoms with van der Waals surface area (Å²) in [5.41, 5.74) is 2.49. The maximum Gasteiger partial charge on any atom is 0.251 e. The number of aryl methyl sites for hydroxylation is 1. The van der Waals surface area contributed by atoms with Gasteiger partial charge in [-0.15, -0.1) is 11.8 Å². The Kier molecular flexibility index (Phi) is 11.1. The molecular weight excluding hydrogens is 504 g/mol. The number of oxazole rings is 1. The fourth-order valence-corrected chi connectivity index (χ4v) is 6.16. The van der Waals surface area contributed by atoms with Gasteiger partial charge in [-0.25, -0.2) is 4.98 Å². The number of rotatable bonds is 13. The molecule has 0 spiro atoms. The largest absolute Gasteiger partial charge is 0.441 e. The Balaban J connectivity index is 1.24. The topological polar surface area (TPSA) is 61.6 Å². The summed E-state index contributed by atoms with van der Waals surface area (Å²) in [5, 5.41) is 3.11. The lowest BCUT2D eigenvalue weighted by Crippen LogP contribution is -2.54. The SMILES string of the molecule is CCCN1CCN(CCCNC(=O)c2ccc(-c3nc(CSc4ccccc4)c(C)o3)cc2)C(CC(C)C)C1. The van der Waals surface area contributed by atoms with Crippen LogP contribution in [0.15, 0.2) is 63.9 Å². The van der Waals surface area contributed by atoms with Gasteiger partial charge in [0.25, 0.3) is 5.91 Å². The summed E-state index contributed by atoms with van der Waals surface area (Å²) in [7, 11) is 0. The molecule has 1 saturated heterocycles. The van der Waals surface area contributed by atoms with Crippen LogP contribution < -0.4 is 5.32 Å². The third kappa shape index (κ3) is 8.69. The van der Waals surface area contributed by atoms with Gasteiger partial charge in [-0.2, -0.15) is 0 Å². The Morgan fingerprint density at radius 2 is 1.87 bits per heavy atom. The first-order valence-electron chi connectivity index (χ1n) is 14.4. The van der Waals surface area contributed by atoms with Gasteiger partial charge in [0.05, 0.1) is 5.69 Å². The minimum Gasteiger partial charge on any atom is -0.441 e. The molecule has 3 aromatic rings. The Hall–Kier alpha value is -2.61. The molecule has 2 heterocycles. The summed E-state index contributed by atoms with van der Waals surface area (Å²) in [4.78, 5) is 23.9. The highest BCUT2D eigenvalue weighted by Crippen LogP contribution is 2.27. The van der Waals surface area contributed by atoms with Crippen molar-refractivity contribution in [3.05, 3.63) is 71.6 Å². The van der Waals surface area contributed by atoms with Gasteiger partial charge in [-0.1, -0.05) is 39.0 Å². The van der Waals surface area contributed by atoms with E-state index in [-0.39, 0.29) is 5.91 Å². The van der Waals surface area contributed by atoms with Crippen LogP contribution in [0.4, 0.5) is 0 Å². The van der Waals surface area contributed by atoms with Gasteiger partial charge in [0.15, 0.2) is 0 Å². The zero-order valence-electron chi connectivity index (χ0n) is 24.0. The molecule has 1 N–H and O–H groups in total. The predicted octanol–water partition coefficient (Wildman–Crippen LogP) is 6.50. The summed E-state index contributed by atoms with van der Waals surface area (Å²) in [5.74, 6) is 2.85. The number of carbonyl (C=O) groups excluding carboxylic acids is 1. The molecule has 1 amide bonds. The second-order valence-electron chi connectivity index (χ2n) is 10.9. The molecule has 1 atom stereocenters.